The molecule has 0 saturated heterocycles. The Bertz CT molecular complexity index is 3500. The number of ketones is 4. The van der Waals surface area contributed by atoms with Crippen molar-refractivity contribution in [2.24, 2.45) is 0 Å². The normalized spacial score (nSPS) is 10.1. The van der Waals surface area contributed by atoms with Crippen LogP contribution in [0.1, 0.15) is 70.1 Å². The molecule has 97 heavy (non-hydrogen) atoms. The van der Waals surface area contributed by atoms with E-state index in [1.807, 2.05) is 84.9 Å². The van der Waals surface area contributed by atoms with E-state index in [4.69, 9.17) is 34.8 Å². The van der Waals surface area contributed by atoms with Crippen LogP contribution in [-0.2, 0) is 31.5 Å². The minimum atomic E-state index is -0.750. The number of carbonyl (C=O) groups excluding carboxylic acids is 6. The maximum Gasteiger partial charge on any atom is 0.233 e. The summed E-state index contributed by atoms with van der Waals surface area (Å²) >= 11 is 14.4. The molecular weight excluding hydrogens is 1750 g/mol. The molecule has 0 aromatic heterocycles. The van der Waals surface area contributed by atoms with Gasteiger partial charge in [-0.25, -0.2) is 0 Å². The molecule has 16 nitrogen and oxygen atoms in total. The van der Waals surface area contributed by atoms with Gasteiger partial charge in [-0.15, -0.1) is 0 Å². The summed E-state index contributed by atoms with van der Waals surface area (Å²) in [5.41, 5.74) is 5.56. The van der Waals surface area contributed by atoms with Crippen molar-refractivity contribution in [1.82, 2.24) is 0 Å². The zero-order valence-corrected chi connectivity index (χ0v) is 61.9. The molecule has 0 heterocycles. The Labute approximate surface area is 625 Å². The summed E-state index contributed by atoms with van der Waals surface area (Å²) < 4.78 is -0.750. The predicted molar refractivity (Wildman–Crippen MR) is 360 cm³/mol. The summed E-state index contributed by atoms with van der Waals surface area (Å²) in [6.45, 7) is 0. The SMILES string of the molecule is ClC(Cl)Cl.O=C(/C=C(\[O-])c1ccccc1)c1ccccc1.O=C(/C=C(\[O-])c1ccccc1)c1ccccc1.O=C(/C=C(\[O-])c1ccccc1)c1ccccc1.O=C(/C=C(\[O-])c1ccccc1)c1ccccc1.O=C(CC(=O)Nc1ccccc1)Nc1ccccc1.[O-2].[O-2].[O-2].[O-2].[U].[U]. The van der Waals surface area contributed by atoms with E-state index >= 15 is 0 Å². The predicted octanol–water partition coefficient (Wildman–Crippen LogP) is 13.2. The molecule has 10 aromatic carbocycles. The molecule has 0 aliphatic rings. The summed E-state index contributed by atoms with van der Waals surface area (Å²) in [4.78, 5) is 70.3. The zero-order valence-electron chi connectivity index (χ0n) is 51.3. The first-order valence-electron chi connectivity index (χ1n) is 27.8. The average Bonchev–Trinajstić information content (AvgIpc) is 1.34. The largest absolute Gasteiger partial charge is 2.00 e. The summed E-state index contributed by atoms with van der Waals surface area (Å²) in [6.07, 6.45) is 4.31. The van der Waals surface area contributed by atoms with Gasteiger partial charge in [0.2, 0.25) is 11.8 Å². The van der Waals surface area contributed by atoms with Crippen LogP contribution in [0.25, 0.3) is 23.0 Å². The Kier molecular flexibility index (Phi) is 48.2. The van der Waals surface area contributed by atoms with Crippen molar-refractivity contribution < 1.29 is 133 Å². The number of hydrogen-bond acceptors (Lipinski definition) is 10. The molecule has 10 aromatic rings. The van der Waals surface area contributed by atoms with Gasteiger partial charge in [0, 0.05) is 95.9 Å². The molecule has 0 bridgehead atoms. The van der Waals surface area contributed by atoms with Gasteiger partial charge in [-0.05, 0) is 70.8 Å². The molecule has 2 amide bonds. The third-order valence-corrected chi connectivity index (χ3v) is 12.0. The Morgan fingerprint density at radius 1 is 0.268 bits per heavy atom. The number of halogens is 3. The fraction of sp³-hybridized carbons (Fsp3) is 0.0263. The van der Waals surface area contributed by atoms with Crippen LogP contribution in [0.2, 0.25) is 0 Å². The quantitative estimate of drug-likeness (QED) is 0.0303. The number of hydrogen-bond donors (Lipinski definition) is 2. The second-order valence-electron chi connectivity index (χ2n) is 18.7. The Balaban J connectivity index is 0. The smallest absolute Gasteiger partial charge is 0.233 e. The molecule has 0 unspecified atom stereocenters. The molecular formula is C76H59Cl3N2O14U2-12. The van der Waals surface area contributed by atoms with Gasteiger partial charge in [-0.3, -0.25) is 28.8 Å². The molecule has 0 atom stereocenters. The first-order chi connectivity index (χ1) is 44.1. The van der Waals surface area contributed by atoms with E-state index < -0.39 is 4.30 Å². The average molecular weight is 1810 g/mol. The molecule has 498 valence electrons. The van der Waals surface area contributed by atoms with Crippen molar-refractivity contribution in [2.45, 2.75) is 10.7 Å². The second-order valence-corrected chi connectivity index (χ2v) is 20.7. The first-order valence-corrected chi connectivity index (χ1v) is 29.1. The van der Waals surface area contributed by atoms with Crippen LogP contribution in [0.5, 0.6) is 0 Å². The fourth-order valence-corrected chi connectivity index (χ4v) is 7.56. The molecule has 0 saturated carbocycles. The summed E-state index contributed by atoms with van der Waals surface area (Å²) in [5.74, 6) is -2.78. The molecule has 0 aliphatic carbocycles. The van der Waals surface area contributed by atoms with Crippen LogP contribution >= 0.6 is 34.8 Å². The van der Waals surface area contributed by atoms with Gasteiger partial charge in [0.05, 0.1) is 0 Å². The van der Waals surface area contributed by atoms with Crippen LogP contribution in [0.4, 0.5) is 11.4 Å². The van der Waals surface area contributed by atoms with Crippen LogP contribution in [0, 0.1) is 62.2 Å². The Morgan fingerprint density at radius 3 is 0.557 bits per heavy atom. The topological polar surface area (TPSA) is 333 Å². The molecule has 0 aliphatic heterocycles. The third kappa shape index (κ3) is 36.5. The van der Waals surface area contributed by atoms with Crippen LogP contribution in [0.3, 0.4) is 0 Å². The summed E-state index contributed by atoms with van der Waals surface area (Å²) in [7, 11) is 0. The summed E-state index contributed by atoms with van der Waals surface area (Å²) in [6, 6.07) is 88.1. The number of nitrogens with one attached hydrogen (secondary N) is 2. The molecule has 10 rings (SSSR count). The Hall–Kier alpha value is -9.21. The van der Waals surface area contributed by atoms with Gasteiger partial charge >= 0.3 is 0 Å². The Morgan fingerprint density at radius 2 is 0.402 bits per heavy atom. The monoisotopic (exact) mass is 1800 g/mol. The van der Waals surface area contributed by atoms with Crippen LogP contribution < -0.4 is 31.1 Å². The minimum absolute atomic E-state index is 0. The molecule has 0 spiro atoms. The minimum Gasteiger partial charge on any atom is -2.00 e. The number of rotatable bonds is 16. The maximum absolute atomic E-state index is 11.8. The summed E-state index contributed by atoms with van der Waals surface area (Å²) in [5, 5.41) is 52.3. The van der Waals surface area contributed by atoms with Gasteiger partial charge < -0.3 is 53.0 Å². The number of anilines is 2. The zero-order chi connectivity index (χ0) is 65.4. The molecule has 2 N–H and O–H groups in total. The van der Waals surface area contributed by atoms with Crippen LogP contribution in [-0.4, -0.2) is 39.2 Å². The first kappa shape index (κ1) is 89.9. The second kappa shape index (κ2) is 52.0. The van der Waals surface area contributed by atoms with E-state index in [1.54, 1.807) is 218 Å². The standard InChI is InChI=1S/C15H14N2O2.4C15H12O2.CHCl3.4O.2U/c18-14(16-12-7-3-1-4-8-12)11-15(19)17-13-9-5-2-6-10-13;4*16-14(12-7-3-1-4-8-12)11-15(17)13-9-5-2-6-10-13;2-1(3)4;;;;;;/h1-10H,11H2,(H,16,18)(H,17,19);4*1-11,16H;1H;;;;;;/q;;;;;;4*-2;;/p-4/b;4*14-11-;;;;;;;. The van der Waals surface area contributed by atoms with E-state index in [0.29, 0.717) is 55.9 Å². The fourth-order valence-electron chi connectivity index (χ4n) is 7.56. The number of para-hydroxylation sites is 2. The van der Waals surface area contributed by atoms with Gasteiger partial charge in [0.1, 0.15) is 6.42 Å². The third-order valence-electron chi connectivity index (χ3n) is 12.0. The van der Waals surface area contributed by atoms with Crippen molar-refractivity contribution in [3.8, 4) is 0 Å². The van der Waals surface area contributed by atoms with E-state index in [-0.39, 0.29) is 149 Å². The molecule has 0 fully saturated rings. The van der Waals surface area contributed by atoms with Crippen molar-refractivity contribution in [3.63, 3.8) is 0 Å². The van der Waals surface area contributed by atoms with E-state index in [2.05, 4.69) is 10.6 Å². The molecule has 21 heteroatoms. The van der Waals surface area contributed by atoms with Gasteiger partial charge in [-0.1, -0.05) is 337 Å². The van der Waals surface area contributed by atoms with Crippen molar-refractivity contribution in [3.05, 3.63) is 372 Å². The van der Waals surface area contributed by atoms with Crippen LogP contribution in [0.15, 0.2) is 328 Å². The van der Waals surface area contributed by atoms with Crippen molar-refractivity contribution in [1.29, 1.82) is 0 Å². The number of allylic oxidation sites excluding steroid dienone is 4. The number of alkyl halides is 3. The number of benzene rings is 10. The van der Waals surface area contributed by atoms with E-state index in [1.165, 1.54) is 0 Å². The van der Waals surface area contributed by atoms with E-state index in [0.717, 1.165) is 24.3 Å². The maximum atomic E-state index is 11.8. The molecule has 0 radical (unpaired) electrons. The van der Waals surface area contributed by atoms with Crippen molar-refractivity contribution in [2.75, 3.05) is 10.6 Å². The van der Waals surface area contributed by atoms with E-state index in [9.17, 15) is 49.2 Å². The van der Waals surface area contributed by atoms with Gasteiger partial charge in [0.25, 0.3) is 0 Å². The number of amides is 2. The van der Waals surface area contributed by atoms with Gasteiger partial charge in [-0.2, -0.15) is 0 Å². The number of carbonyl (C=O) groups is 6. The van der Waals surface area contributed by atoms with Crippen molar-refractivity contribution >= 4 is 104 Å². The van der Waals surface area contributed by atoms with Gasteiger partial charge in [0.15, 0.2) is 27.4 Å².